The van der Waals surface area contributed by atoms with Crippen molar-refractivity contribution in [2.24, 2.45) is 5.92 Å². The van der Waals surface area contributed by atoms with E-state index in [1.165, 1.54) is 0 Å². The van der Waals surface area contributed by atoms with Gasteiger partial charge in [0.1, 0.15) is 11.8 Å². The van der Waals surface area contributed by atoms with Gasteiger partial charge in [0.15, 0.2) is 17.2 Å². The number of ether oxygens (including phenoxy) is 2. The van der Waals surface area contributed by atoms with E-state index in [9.17, 15) is 14.9 Å². The third-order valence-corrected chi connectivity index (χ3v) is 6.12. The molecule has 0 spiro atoms. The molecular weight excluding hydrogens is 414 g/mol. The maximum atomic E-state index is 13.3. The Kier molecular flexibility index (Phi) is 6.67. The highest BCUT2D eigenvalue weighted by atomic mass is 16.5. The number of hydrogen-bond acceptors (Lipinski definition) is 5. The van der Waals surface area contributed by atoms with Gasteiger partial charge in [-0.1, -0.05) is 60.7 Å². The molecule has 0 aromatic heterocycles. The van der Waals surface area contributed by atoms with Crippen LogP contribution in [-0.2, 0) is 10.3 Å². The van der Waals surface area contributed by atoms with E-state index in [0.29, 0.717) is 28.9 Å². The van der Waals surface area contributed by atoms with Gasteiger partial charge in [-0.15, -0.1) is 0 Å². The second-order valence-corrected chi connectivity index (χ2v) is 8.27. The first-order chi connectivity index (χ1) is 16.0. The molecule has 1 heterocycles. The molecule has 1 aliphatic rings. The van der Waals surface area contributed by atoms with Gasteiger partial charge < -0.3 is 9.47 Å². The first-order valence-corrected chi connectivity index (χ1v) is 11.0. The van der Waals surface area contributed by atoms with Gasteiger partial charge in [-0.2, -0.15) is 5.26 Å². The summed E-state index contributed by atoms with van der Waals surface area (Å²) >= 11 is 0. The molecule has 33 heavy (non-hydrogen) atoms. The molecule has 1 saturated heterocycles. The number of ketones is 2. The highest BCUT2D eigenvalue weighted by Gasteiger charge is 2.46. The maximum Gasteiger partial charge on any atom is 0.180 e. The third kappa shape index (κ3) is 4.87. The normalized spacial score (nSPS) is 22.2. The molecule has 166 valence electrons. The Morgan fingerprint density at radius 1 is 0.970 bits per heavy atom. The Labute approximate surface area is 193 Å². The number of carbonyl (C=O) groups excluding carboxylic acids is 2. The van der Waals surface area contributed by atoms with Crippen LogP contribution in [0, 0.1) is 17.2 Å². The van der Waals surface area contributed by atoms with Crippen LogP contribution < -0.4 is 4.74 Å². The van der Waals surface area contributed by atoms with E-state index in [0.717, 1.165) is 0 Å². The second-order valence-electron chi connectivity index (χ2n) is 8.27. The molecule has 3 aromatic carbocycles. The molecule has 3 atom stereocenters. The van der Waals surface area contributed by atoms with Gasteiger partial charge in [-0.25, -0.2) is 0 Å². The van der Waals surface area contributed by atoms with Crippen molar-refractivity contribution in [3.63, 3.8) is 0 Å². The summed E-state index contributed by atoms with van der Waals surface area (Å²) in [7, 11) is 1.57. The molecule has 4 rings (SSSR count). The summed E-state index contributed by atoms with van der Waals surface area (Å²) in [6.45, 7) is 0. The molecular formula is C28H25NO4. The minimum atomic E-state index is -1.29. The van der Waals surface area contributed by atoms with E-state index in [1.54, 1.807) is 43.5 Å². The number of benzene rings is 3. The number of carbonyl (C=O) groups is 2. The number of nitriles is 1. The number of hydrogen-bond donors (Lipinski definition) is 0. The minimum Gasteiger partial charge on any atom is -0.497 e. The van der Waals surface area contributed by atoms with Crippen molar-refractivity contribution in [1.82, 2.24) is 0 Å². The lowest BCUT2D eigenvalue weighted by molar-refractivity contribution is -0.111. The molecule has 0 amide bonds. The van der Waals surface area contributed by atoms with E-state index in [2.05, 4.69) is 6.07 Å². The van der Waals surface area contributed by atoms with Crippen molar-refractivity contribution in [2.75, 3.05) is 7.11 Å². The van der Waals surface area contributed by atoms with E-state index in [1.807, 2.05) is 48.5 Å². The summed E-state index contributed by atoms with van der Waals surface area (Å²) in [5.74, 6) is 0.1000. The van der Waals surface area contributed by atoms with E-state index in [4.69, 9.17) is 9.47 Å². The predicted octanol–water partition coefficient (Wildman–Crippen LogP) is 5.37. The fourth-order valence-electron chi connectivity index (χ4n) is 4.42. The first kappa shape index (κ1) is 22.4. The van der Waals surface area contributed by atoms with E-state index < -0.39 is 17.6 Å². The van der Waals surface area contributed by atoms with Gasteiger partial charge in [0.25, 0.3) is 0 Å². The predicted molar refractivity (Wildman–Crippen MR) is 124 cm³/mol. The topological polar surface area (TPSA) is 76.4 Å². The third-order valence-electron chi connectivity index (χ3n) is 6.12. The fourth-order valence-corrected chi connectivity index (χ4v) is 4.42. The maximum absolute atomic E-state index is 13.3. The van der Waals surface area contributed by atoms with Crippen molar-refractivity contribution < 1.29 is 19.1 Å². The molecule has 5 nitrogen and oxygen atoms in total. The molecule has 0 unspecified atom stereocenters. The molecule has 0 N–H and O–H groups in total. The summed E-state index contributed by atoms with van der Waals surface area (Å²) in [5.41, 5.74) is 0.544. The zero-order chi connectivity index (χ0) is 23.3. The molecule has 1 fully saturated rings. The van der Waals surface area contributed by atoms with Crippen molar-refractivity contribution >= 4 is 11.6 Å². The van der Waals surface area contributed by atoms with E-state index >= 15 is 0 Å². The van der Waals surface area contributed by atoms with Gasteiger partial charge in [0.2, 0.25) is 0 Å². The largest absolute Gasteiger partial charge is 0.497 e. The van der Waals surface area contributed by atoms with Crippen LogP contribution in [0.1, 0.15) is 45.5 Å². The molecule has 0 radical (unpaired) electrons. The smallest absolute Gasteiger partial charge is 0.180 e. The van der Waals surface area contributed by atoms with Crippen molar-refractivity contribution in [2.45, 2.75) is 31.0 Å². The SMILES string of the molecule is COc1ccc(C(=O)C[C@@H]2C[C@H](C(=O)c3ccccc3)C[C@](C#N)(c3ccccc3)O2)cc1. The zero-order valence-corrected chi connectivity index (χ0v) is 18.4. The Balaban J connectivity index is 1.63. The fraction of sp³-hybridized carbons (Fsp3) is 0.250. The Morgan fingerprint density at radius 3 is 2.21 bits per heavy atom. The van der Waals surface area contributed by atoms with Crippen molar-refractivity contribution in [3.05, 3.63) is 102 Å². The number of rotatable bonds is 7. The standard InChI is InChI=1S/C28H25NO4/c1-32-24-14-12-20(13-15-24)26(30)17-25-16-22(27(31)21-8-4-2-5-9-21)18-28(19-29,33-25)23-10-6-3-7-11-23/h2-15,22,25H,16-18H2,1H3/t22-,25-,28-/m0/s1. The number of Topliss-reactive ketones (excluding diaryl/α,β-unsaturated/α-hetero) is 2. The van der Waals surface area contributed by atoms with Crippen LogP contribution in [0.25, 0.3) is 0 Å². The zero-order valence-electron chi connectivity index (χ0n) is 18.4. The van der Waals surface area contributed by atoms with Crippen molar-refractivity contribution in [3.8, 4) is 11.8 Å². The Morgan fingerprint density at radius 2 is 1.61 bits per heavy atom. The van der Waals surface area contributed by atoms with Crippen LogP contribution in [0.3, 0.4) is 0 Å². The first-order valence-electron chi connectivity index (χ1n) is 11.0. The van der Waals surface area contributed by atoms with Crippen LogP contribution in [0.2, 0.25) is 0 Å². The minimum absolute atomic E-state index is 0.0312. The van der Waals surface area contributed by atoms with Crippen LogP contribution in [0.15, 0.2) is 84.9 Å². The second kappa shape index (κ2) is 9.81. The molecule has 5 heteroatoms. The quantitative estimate of drug-likeness (QED) is 0.463. The van der Waals surface area contributed by atoms with Crippen LogP contribution in [0.5, 0.6) is 5.75 Å². The monoisotopic (exact) mass is 439 g/mol. The summed E-state index contributed by atoms with van der Waals surface area (Å²) in [6, 6.07) is 27.5. The summed E-state index contributed by atoms with van der Waals surface area (Å²) < 4.78 is 11.5. The Bertz CT molecular complexity index is 1150. The highest BCUT2D eigenvalue weighted by Crippen LogP contribution is 2.42. The van der Waals surface area contributed by atoms with Crippen LogP contribution in [0.4, 0.5) is 0 Å². The highest BCUT2D eigenvalue weighted by molar-refractivity contribution is 5.98. The lowest BCUT2D eigenvalue weighted by Crippen LogP contribution is -2.44. The molecule has 0 saturated carbocycles. The molecule has 0 aliphatic carbocycles. The lowest BCUT2D eigenvalue weighted by Gasteiger charge is -2.40. The van der Waals surface area contributed by atoms with Gasteiger partial charge >= 0.3 is 0 Å². The number of nitrogens with zero attached hydrogens (tertiary/aromatic N) is 1. The Hall–Kier alpha value is -3.75. The average Bonchev–Trinajstić information content (AvgIpc) is 2.89. The summed E-state index contributed by atoms with van der Waals surface area (Å²) in [6.07, 6.45) is 0.146. The number of methoxy groups -OCH3 is 1. The van der Waals surface area contributed by atoms with Crippen LogP contribution >= 0.6 is 0 Å². The van der Waals surface area contributed by atoms with Crippen LogP contribution in [-0.4, -0.2) is 24.8 Å². The van der Waals surface area contributed by atoms with Crippen molar-refractivity contribution in [1.29, 1.82) is 5.26 Å². The van der Waals surface area contributed by atoms with E-state index in [-0.39, 0.29) is 24.4 Å². The van der Waals surface area contributed by atoms with Gasteiger partial charge in [-0.3, -0.25) is 9.59 Å². The lowest BCUT2D eigenvalue weighted by atomic mass is 9.76. The average molecular weight is 440 g/mol. The molecule has 3 aromatic rings. The van der Waals surface area contributed by atoms with Gasteiger partial charge in [-0.05, 0) is 36.2 Å². The summed E-state index contributed by atoms with van der Waals surface area (Å²) in [5, 5.41) is 10.2. The molecule has 1 aliphatic heterocycles. The molecule has 0 bridgehead atoms. The van der Waals surface area contributed by atoms with Gasteiger partial charge in [0, 0.05) is 29.9 Å². The summed E-state index contributed by atoms with van der Waals surface area (Å²) in [4.78, 5) is 26.3. The van der Waals surface area contributed by atoms with Gasteiger partial charge in [0.05, 0.1) is 13.2 Å².